The van der Waals surface area contributed by atoms with E-state index in [0.29, 0.717) is 23.5 Å². The molecule has 2 aliphatic heterocycles. The first-order valence-corrected chi connectivity index (χ1v) is 11.2. The van der Waals surface area contributed by atoms with Crippen molar-refractivity contribution in [2.45, 2.75) is 38.8 Å². The number of Topliss-reactive ketones (excluding diaryl/α,β-unsaturated/α-hetero) is 1. The van der Waals surface area contributed by atoms with Crippen molar-refractivity contribution in [2.75, 3.05) is 26.9 Å². The summed E-state index contributed by atoms with van der Waals surface area (Å²) in [6.45, 7) is 5.05. The van der Waals surface area contributed by atoms with Crippen LogP contribution in [0.3, 0.4) is 0 Å². The number of ketones is 1. The van der Waals surface area contributed by atoms with Crippen molar-refractivity contribution < 1.29 is 28.9 Å². The van der Waals surface area contributed by atoms with Gasteiger partial charge in [0, 0.05) is 25.6 Å². The molecule has 0 unspecified atom stereocenters. The molecule has 0 radical (unpaired) electrons. The molecule has 0 saturated carbocycles. The Morgan fingerprint density at radius 3 is 2.76 bits per heavy atom. The lowest BCUT2D eigenvalue weighted by molar-refractivity contribution is -0.140. The summed E-state index contributed by atoms with van der Waals surface area (Å²) in [5.41, 5.74) is 2.21. The monoisotopic (exact) mass is 451 g/mol. The number of benzene rings is 2. The fourth-order valence-electron chi connectivity index (χ4n) is 4.37. The number of hydrogen-bond donors (Lipinski definition) is 1. The van der Waals surface area contributed by atoms with Gasteiger partial charge in [-0.25, -0.2) is 0 Å². The molecule has 1 saturated heterocycles. The summed E-state index contributed by atoms with van der Waals surface area (Å²) in [5, 5.41) is 11.3. The van der Waals surface area contributed by atoms with Crippen LogP contribution in [0.2, 0.25) is 0 Å². The van der Waals surface area contributed by atoms with Gasteiger partial charge in [-0.15, -0.1) is 0 Å². The molecule has 1 fully saturated rings. The van der Waals surface area contributed by atoms with Crippen molar-refractivity contribution >= 4 is 17.4 Å². The molecule has 2 aromatic rings. The van der Waals surface area contributed by atoms with Crippen LogP contribution in [0, 0.1) is 0 Å². The standard InChI is InChI=1S/C26H29NO6/c1-4-11-32-20-7-5-6-17(15-20)23-22(25(29)26(30)27(23)10-12-31-3)24(28)18-8-9-21-19(14-18)13-16(2)33-21/h5-9,14-16,23,28H,4,10-13H2,1-3H3/b24-22+/t16-,23+/m0/s1. The number of methoxy groups -OCH3 is 1. The minimum Gasteiger partial charge on any atom is -0.507 e. The Morgan fingerprint density at radius 2 is 2.00 bits per heavy atom. The molecule has 1 N–H and O–H groups in total. The number of fused-ring (bicyclic) bond motifs is 1. The van der Waals surface area contributed by atoms with Crippen LogP contribution in [-0.2, 0) is 20.7 Å². The Bertz CT molecular complexity index is 1090. The van der Waals surface area contributed by atoms with Crippen LogP contribution in [0.1, 0.15) is 43.0 Å². The summed E-state index contributed by atoms with van der Waals surface area (Å²) >= 11 is 0. The van der Waals surface area contributed by atoms with E-state index in [0.717, 1.165) is 24.2 Å². The molecule has 7 heteroatoms. The van der Waals surface area contributed by atoms with Crippen LogP contribution in [0.15, 0.2) is 48.0 Å². The number of nitrogens with zero attached hydrogens (tertiary/aromatic N) is 1. The zero-order valence-electron chi connectivity index (χ0n) is 19.2. The third-order valence-corrected chi connectivity index (χ3v) is 5.89. The minimum atomic E-state index is -0.742. The molecular weight excluding hydrogens is 422 g/mol. The highest BCUT2D eigenvalue weighted by molar-refractivity contribution is 6.46. The van der Waals surface area contributed by atoms with Gasteiger partial charge in [0.1, 0.15) is 23.4 Å². The first-order chi connectivity index (χ1) is 15.9. The molecule has 174 valence electrons. The normalized spacial score (nSPS) is 21.2. The van der Waals surface area contributed by atoms with E-state index in [1.807, 2.05) is 44.2 Å². The zero-order valence-corrected chi connectivity index (χ0v) is 19.2. The fraction of sp³-hybridized carbons (Fsp3) is 0.385. The lowest BCUT2D eigenvalue weighted by Gasteiger charge is -2.25. The van der Waals surface area contributed by atoms with Crippen molar-refractivity contribution in [3.63, 3.8) is 0 Å². The van der Waals surface area contributed by atoms with Gasteiger partial charge in [0.05, 0.1) is 24.8 Å². The predicted octanol–water partition coefficient (Wildman–Crippen LogP) is 3.87. The highest BCUT2D eigenvalue weighted by Crippen LogP contribution is 2.41. The predicted molar refractivity (Wildman–Crippen MR) is 123 cm³/mol. The lowest BCUT2D eigenvalue weighted by Crippen LogP contribution is -2.32. The molecule has 4 rings (SSSR count). The molecule has 2 aromatic carbocycles. The van der Waals surface area contributed by atoms with Gasteiger partial charge in [-0.1, -0.05) is 19.1 Å². The number of carbonyl (C=O) groups excluding carboxylic acids is 2. The number of amides is 1. The van der Waals surface area contributed by atoms with Gasteiger partial charge in [0.2, 0.25) is 0 Å². The van der Waals surface area contributed by atoms with Crippen LogP contribution < -0.4 is 9.47 Å². The number of carbonyl (C=O) groups is 2. The van der Waals surface area contributed by atoms with E-state index >= 15 is 0 Å². The van der Waals surface area contributed by atoms with Crippen molar-refractivity contribution in [3.8, 4) is 11.5 Å². The second kappa shape index (κ2) is 9.67. The van der Waals surface area contributed by atoms with Gasteiger partial charge in [0.15, 0.2) is 0 Å². The molecule has 0 bridgehead atoms. The van der Waals surface area contributed by atoms with Crippen molar-refractivity contribution in [1.82, 2.24) is 4.90 Å². The third-order valence-electron chi connectivity index (χ3n) is 5.89. The van der Waals surface area contributed by atoms with Crippen LogP contribution in [-0.4, -0.2) is 54.7 Å². The van der Waals surface area contributed by atoms with Crippen molar-refractivity contribution in [3.05, 3.63) is 64.7 Å². The Morgan fingerprint density at radius 1 is 1.18 bits per heavy atom. The summed E-state index contributed by atoms with van der Waals surface area (Å²) in [4.78, 5) is 27.5. The molecule has 0 aromatic heterocycles. The molecule has 0 spiro atoms. The molecule has 2 heterocycles. The van der Waals surface area contributed by atoms with E-state index < -0.39 is 17.7 Å². The largest absolute Gasteiger partial charge is 0.507 e. The minimum absolute atomic E-state index is 0.0582. The number of ether oxygens (including phenoxy) is 3. The molecule has 0 aliphatic carbocycles. The number of hydrogen-bond acceptors (Lipinski definition) is 6. The smallest absolute Gasteiger partial charge is 0.295 e. The van der Waals surface area contributed by atoms with E-state index in [1.54, 1.807) is 19.2 Å². The summed E-state index contributed by atoms with van der Waals surface area (Å²) in [6.07, 6.45) is 1.64. The molecule has 2 aliphatic rings. The van der Waals surface area contributed by atoms with Crippen LogP contribution in [0.5, 0.6) is 11.5 Å². The number of likely N-dealkylation sites (tertiary alicyclic amines) is 1. The van der Waals surface area contributed by atoms with E-state index in [-0.39, 0.29) is 30.6 Å². The van der Waals surface area contributed by atoms with Crippen LogP contribution in [0.25, 0.3) is 5.76 Å². The number of aliphatic hydroxyl groups excluding tert-OH is 1. The van der Waals surface area contributed by atoms with Gasteiger partial charge in [-0.05, 0) is 54.8 Å². The quantitative estimate of drug-likeness (QED) is 0.373. The second-order valence-electron chi connectivity index (χ2n) is 8.36. The van der Waals surface area contributed by atoms with Gasteiger partial charge in [0.25, 0.3) is 11.7 Å². The van der Waals surface area contributed by atoms with E-state index in [9.17, 15) is 14.7 Å². The average molecular weight is 452 g/mol. The number of rotatable bonds is 8. The van der Waals surface area contributed by atoms with E-state index in [4.69, 9.17) is 14.2 Å². The summed E-state index contributed by atoms with van der Waals surface area (Å²) in [6, 6.07) is 11.9. The fourth-order valence-corrected chi connectivity index (χ4v) is 4.37. The van der Waals surface area contributed by atoms with Gasteiger partial charge >= 0.3 is 0 Å². The SMILES string of the molecule is CCCOc1cccc([C@@H]2/C(=C(\O)c3ccc4c(c3)C[C@H](C)O4)C(=O)C(=O)N2CCOC)c1. The topological polar surface area (TPSA) is 85.3 Å². The first-order valence-electron chi connectivity index (χ1n) is 11.2. The first kappa shape index (κ1) is 22.9. The molecular formula is C26H29NO6. The Balaban J connectivity index is 1.80. The Hall–Kier alpha value is -3.32. The van der Waals surface area contributed by atoms with Gasteiger partial charge in [-0.3, -0.25) is 9.59 Å². The van der Waals surface area contributed by atoms with Crippen molar-refractivity contribution in [1.29, 1.82) is 0 Å². The Labute approximate surface area is 193 Å². The highest BCUT2D eigenvalue weighted by Gasteiger charge is 2.46. The van der Waals surface area contributed by atoms with E-state index in [1.165, 1.54) is 4.90 Å². The summed E-state index contributed by atoms with van der Waals surface area (Å²) < 4.78 is 16.7. The van der Waals surface area contributed by atoms with Crippen LogP contribution >= 0.6 is 0 Å². The third kappa shape index (κ3) is 4.46. The average Bonchev–Trinajstić information content (AvgIpc) is 3.31. The van der Waals surface area contributed by atoms with Crippen molar-refractivity contribution in [2.24, 2.45) is 0 Å². The summed E-state index contributed by atoms with van der Waals surface area (Å²) in [7, 11) is 1.54. The number of aliphatic hydroxyl groups is 1. The highest BCUT2D eigenvalue weighted by atomic mass is 16.5. The maximum absolute atomic E-state index is 13.1. The van der Waals surface area contributed by atoms with Crippen LogP contribution in [0.4, 0.5) is 0 Å². The maximum Gasteiger partial charge on any atom is 0.295 e. The summed E-state index contributed by atoms with van der Waals surface area (Å²) in [5.74, 6) is -0.136. The molecule has 7 nitrogen and oxygen atoms in total. The lowest BCUT2D eigenvalue weighted by atomic mass is 9.94. The van der Waals surface area contributed by atoms with Gasteiger partial charge in [-0.2, -0.15) is 0 Å². The van der Waals surface area contributed by atoms with Gasteiger partial charge < -0.3 is 24.2 Å². The zero-order chi connectivity index (χ0) is 23.5. The maximum atomic E-state index is 13.1. The van der Waals surface area contributed by atoms with E-state index in [2.05, 4.69) is 0 Å². The molecule has 2 atom stereocenters. The Kier molecular flexibility index (Phi) is 6.70. The molecule has 33 heavy (non-hydrogen) atoms. The second-order valence-corrected chi connectivity index (χ2v) is 8.36. The molecule has 1 amide bonds.